The van der Waals surface area contributed by atoms with Gasteiger partial charge in [0.15, 0.2) is 0 Å². The Morgan fingerprint density at radius 2 is 1.90 bits per heavy atom. The maximum atomic E-state index is 3.54. The number of benzene rings is 1. The normalized spacial score (nSPS) is 22.6. The summed E-state index contributed by atoms with van der Waals surface area (Å²) < 4.78 is 0. The van der Waals surface area contributed by atoms with E-state index in [4.69, 9.17) is 0 Å². The second kappa shape index (κ2) is 6.13. The highest BCUT2D eigenvalue weighted by atomic mass is 14.9. The Balaban J connectivity index is 1.62. The van der Waals surface area contributed by atoms with Gasteiger partial charge < -0.3 is 5.32 Å². The van der Waals surface area contributed by atoms with Crippen LogP contribution in [0.15, 0.2) is 65.4 Å². The highest BCUT2D eigenvalue weighted by Crippen LogP contribution is 2.33. The number of hydrogen-bond acceptors (Lipinski definition) is 1. The molecule has 0 amide bonds. The summed E-state index contributed by atoms with van der Waals surface area (Å²) in [5, 5.41) is 3.54. The van der Waals surface area contributed by atoms with Gasteiger partial charge in [0.1, 0.15) is 0 Å². The van der Waals surface area contributed by atoms with Crippen molar-refractivity contribution in [2.45, 2.75) is 39.0 Å². The minimum Gasteiger partial charge on any atom is -0.359 e. The Morgan fingerprint density at radius 1 is 1.05 bits per heavy atom. The lowest BCUT2D eigenvalue weighted by Crippen LogP contribution is -2.12. The van der Waals surface area contributed by atoms with Gasteiger partial charge >= 0.3 is 0 Å². The van der Waals surface area contributed by atoms with Crippen molar-refractivity contribution in [3.8, 4) is 0 Å². The second-order valence-electron chi connectivity index (χ2n) is 5.93. The summed E-state index contributed by atoms with van der Waals surface area (Å²) in [5.41, 5.74) is 5.69. The van der Waals surface area contributed by atoms with Crippen LogP contribution in [0.2, 0.25) is 0 Å². The standard InChI is InChI=1S/C19H23N/c1-15-6-5-7-17(14-15)16-10-12-19(13-11-16)20-18-8-3-2-4-9-18/h2-4,7-9,12,14,16,20H,5-6,10-11,13H2,1H3. The topological polar surface area (TPSA) is 12.0 Å². The fraction of sp³-hybridized carbons (Fsp3) is 0.368. The molecular weight excluding hydrogens is 242 g/mol. The van der Waals surface area contributed by atoms with Crippen LogP contribution in [0.5, 0.6) is 0 Å². The van der Waals surface area contributed by atoms with Crippen molar-refractivity contribution in [2.24, 2.45) is 5.92 Å². The molecule has 0 aliphatic heterocycles. The lowest BCUT2D eigenvalue weighted by Gasteiger charge is -2.25. The van der Waals surface area contributed by atoms with Crippen molar-refractivity contribution in [1.82, 2.24) is 0 Å². The number of nitrogens with one attached hydrogen (secondary N) is 1. The van der Waals surface area contributed by atoms with E-state index in [9.17, 15) is 0 Å². The van der Waals surface area contributed by atoms with E-state index in [0.717, 1.165) is 12.3 Å². The Bertz CT molecular complexity index is 548. The van der Waals surface area contributed by atoms with E-state index in [0.29, 0.717) is 0 Å². The fourth-order valence-electron chi connectivity index (χ4n) is 3.12. The first-order valence-corrected chi connectivity index (χ1v) is 7.69. The molecule has 1 nitrogen and oxygen atoms in total. The largest absolute Gasteiger partial charge is 0.359 e. The molecule has 0 saturated carbocycles. The third kappa shape index (κ3) is 3.22. The second-order valence-corrected chi connectivity index (χ2v) is 5.93. The molecule has 1 heteroatoms. The molecule has 0 radical (unpaired) electrons. The highest BCUT2D eigenvalue weighted by Gasteiger charge is 2.18. The third-order valence-electron chi connectivity index (χ3n) is 4.29. The van der Waals surface area contributed by atoms with Crippen molar-refractivity contribution in [3.63, 3.8) is 0 Å². The zero-order chi connectivity index (χ0) is 13.8. The summed E-state index contributed by atoms with van der Waals surface area (Å²) in [4.78, 5) is 0. The molecule has 0 heterocycles. The highest BCUT2D eigenvalue weighted by molar-refractivity contribution is 5.48. The Labute approximate surface area is 122 Å². The molecule has 2 aliphatic carbocycles. The quantitative estimate of drug-likeness (QED) is 0.766. The SMILES string of the molecule is CC1=CC(C2CC=C(Nc3ccccc3)CC2)=CCC1. The van der Waals surface area contributed by atoms with Crippen LogP contribution in [0.25, 0.3) is 0 Å². The summed E-state index contributed by atoms with van der Waals surface area (Å²) in [7, 11) is 0. The van der Waals surface area contributed by atoms with Gasteiger partial charge in [0.05, 0.1) is 0 Å². The van der Waals surface area contributed by atoms with E-state index in [2.05, 4.69) is 60.8 Å². The van der Waals surface area contributed by atoms with Crippen LogP contribution in [-0.4, -0.2) is 0 Å². The number of para-hydroxylation sites is 1. The molecule has 0 fully saturated rings. The van der Waals surface area contributed by atoms with Crippen molar-refractivity contribution in [1.29, 1.82) is 0 Å². The van der Waals surface area contributed by atoms with Crippen LogP contribution in [0.4, 0.5) is 5.69 Å². The van der Waals surface area contributed by atoms with E-state index < -0.39 is 0 Å². The molecule has 0 aromatic heterocycles. The molecule has 1 N–H and O–H groups in total. The molecular formula is C19H23N. The van der Waals surface area contributed by atoms with Gasteiger partial charge in [-0.3, -0.25) is 0 Å². The maximum Gasteiger partial charge on any atom is 0.0381 e. The molecule has 1 atom stereocenters. The van der Waals surface area contributed by atoms with E-state index in [1.54, 1.807) is 11.1 Å². The average Bonchev–Trinajstić information content (AvgIpc) is 2.49. The lowest BCUT2D eigenvalue weighted by atomic mass is 9.83. The van der Waals surface area contributed by atoms with E-state index in [1.807, 2.05) is 0 Å². The molecule has 0 saturated heterocycles. The minimum absolute atomic E-state index is 0.728. The van der Waals surface area contributed by atoms with Crippen molar-refractivity contribution in [2.75, 3.05) is 5.32 Å². The van der Waals surface area contributed by atoms with E-state index in [1.165, 1.54) is 37.1 Å². The first kappa shape index (κ1) is 13.2. The molecule has 104 valence electrons. The molecule has 2 aliphatic rings. The van der Waals surface area contributed by atoms with Crippen LogP contribution in [0.1, 0.15) is 39.0 Å². The zero-order valence-electron chi connectivity index (χ0n) is 12.2. The average molecular weight is 265 g/mol. The van der Waals surface area contributed by atoms with E-state index in [-0.39, 0.29) is 0 Å². The predicted octanol–water partition coefficient (Wildman–Crippen LogP) is 5.45. The van der Waals surface area contributed by atoms with Crippen molar-refractivity contribution < 1.29 is 0 Å². The van der Waals surface area contributed by atoms with Gasteiger partial charge in [0.2, 0.25) is 0 Å². The Kier molecular flexibility index (Phi) is 4.05. The number of hydrogen-bond donors (Lipinski definition) is 1. The van der Waals surface area contributed by atoms with Gasteiger partial charge in [-0.15, -0.1) is 0 Å². The third-order valence-corrected chi connectivity index (χ3v) is 4.29. The monoisotopic (exact) mass is 265 g/mol. The summed E-state index contributed by atoms with van der Waals surface area (Å²) in [5.74, 6) is 0.728. The van der Waals surface area contributed by atoms with Crippen LogP contribution < -0.4 is 5.32 Å². The van der Waals surface area contributed by atoms with Crippen LogP contribution in [-0.2, 0) is 0 Å². The van der Waals surface area contributed by atoms with Gasteiger partial charge in [-0.05, 0) is 62.7 Å². The van der Waals surface area contributed by atoms with E-state index >= 15 is 0 Å². The van der Waals surface area contributed by atoms with Gasteiger partial charge in [-0.2, -0.15) is 0 Å². The number of anilines is 1. The molecule has 1 aromatic rings. The van der Waals surface area contributed by atoms with Crippen molar-refractivity contribution in [3.05, 3.63) is 65.4 Å². The molecule has 0 spiro atoms. The lowest BCUT2D eigenvalue weighted by molar-refractivity contribution is 0.545. The maximum absolute atomic E-state index is 3.54. The first-order valence-electron chi connectivity index (χ1n) is 7.69. The molecule has 1 unspecified atom stereocenters. The summed E-state index contributed by atoms with van der Waals surface area (Å²) >= 11 is 0. The van der Waals surface area contributed by atoms with Crippen LogP contribution >= 0.6 is 0 Å². The van der Waals surface area contributed by atoms with Crippen LogP contribution in [0.3, 0.4) is 0 Å². The number of allylic oxidation sites excluding steroid dienone is 6. The summed E-state index contributed by atoms with van der Waals surface area (Å²) in [6, 6.07) is 10.5. The van der Waals surface area contributed by atoms with Gasteiger partial charge in [-0.1, -0.05) is 42.0 Å². The van der Waals surface area contributed by atoms with Crippen LogP contribution in [0, 0.1) is 5.92 Å². The van der Waals surface area contributed by atoms with Gasteiger partial charge in [-0.25, -0.2) is 0 Å². The Hall–Kier alpha value is -1.76. The van der Waals surface area contributed by atoms with Gasteiger partial charge in [0.25, 0.3) is 0 Å². The molecule has 3 rings (SSSR count). The molecule has 0 bridgehead atoms. The summed E-state index contributed by atoms with van der Waals surface area (Å²) in [6.45, 7) is 2.26. The first-order chi connectivity index (χ1) is 9.81. The van der Waals surface area contributed by atoms with Gasteiger partial charge in [0, 0.05) is 11.4 Å². The summed E-state index contributed by atoms with van der Waals surface area (Å²) in [6.07, 6.45) is 13.3. The molecule has 1 aromatic carbocycles. The Morgan fingerprint density at radius 3 is 2.60 bits per heavy atom. The number of rotatable bonds is 3. The molecule has 20 heavy (non-hydrogen) atoms. The smallest absolute Gasteiger partial charge is 0.0381 e. The predicted molar refractivity (Wildman–Crippen MR) is 86.6 cm³/mol. The minimum atomic E-state index is 0.728. The fourth-order valence-corrected chi connectivity index (χ4v) is 3.12. The zero-order valence-corrected chi connectivity index (χ0v) is 12.2. The van der Waals surface area contributed by atoms with Crippen molar-refractivity contribution >= 4 is 5.69 Å².